The minimum absolute atomic E-state index is 0.765. The fourth-order valence-corrected chi connectivity index (χ4v) is 4.12. The van der Waals surface area contributed by atoms with E-state index in [0.29, 0.717) is 0 Å². The van der Waals surface area contributed by atoms with Gasteiger partial charge in [-0.05, 0) is 29.1 Å². The van der Waals surface area contributed by atoms with Gasteiger partial charge in [-0.3, -0.25) is 9.80 Å². The highest BCUT2D eigenvalue weighted by Crippen LogP contribution is 2.26. The van der Waals surface area contributed by atoms with Crippen LogP contribution < -0.4 is 4.74 Å². The van der Waals surface area contributed by atoms with E-state index < -0.39 is 0 Å². The molecule has 24 heavy (non-hydrogen) atoms. The molecule has 0 N–H and O–H groups in total. The lowest BCUT2D eigenvalue weighted by atomic mass is 10.1. The lowest BCUT2D eigenvalue weighted by Crippen LogP contribution is -2.35. The molecule has 3 heterocycles. The summed E-state index contributed by atoms with van der Waals surface area (Å²) < 4.78 is 11.4. The van der Waals surface area contributed by atoms with Crippen LogP contribution in [0.15, 0.2) is 35.7 Å². The molecular weight excluding hydrogens is 320 g/mol. The number of nitrogens with zero attached hydrogens (tertiary/aromatic N) is 2. The second-order valence-corrected chi connectivity index (χ2v) is 7.50. The van der Waals surface area contributed by atoms with E-state index in [1.54, 1.807) is 0 Å². The first-order chi connectivity index (χ1) is 11.9. The van der Waals surface area contributed by atoms with Gasteiger partial charge >= 0.3 is 0 Å². The Morgan fingerprint density at radius 3 is 2.67 bits per heavy atom. The Labute approximate surface area is 147 Å². The van der Waals surface area contributed by atoms with Crippen LogP contribution >= 0.6 is 11.3 Å². The number of hydrogen-bond acceptors (Lipinski definition) is 5. The standard InChI is InChI=1S/C19H24N2O2S/c1-2-18(24-11-1)15-21-7-10-23-19-4-3-16(12-17(19)14-21)13-20-5-8-22-9-6-20/h1-4,11-12H,5-10,13-15H2. The van der Waals surface area contributed by atoms with Gasteiger partial charge in [0, 0.05) is 49.7 Å². The number of hydrogen-bond donors (Lipinski definition) is 0. The predicted molar refractivity (Wildman–Crippen MR) is 96.5 cm³/mol. The molecule has 5 heteroatoms. The summed E-state index contributed by atoms with van der Waals surface area (Å²) in [6.07, 6.45) is 0. The van der Waals surface area contributed by atoms with E-state index in [-0.39, 0.29) is 0 Å². The quantitative estimate of drug-likeness (QED) is 0.851. The van der Waals surface area contributed by atoms with Crippen molar-refractivity contribution in [3.05, 3.63) is 51.7 Å². The maximum absolute atomic E-state index is 5.97. The number of fused-ring (bicyclic) bond motifs is 1. The molecule has 2 aliphatic rings. The van der Waals surface area contributed by atoms with Crippen LogP contribution in [-0.2, 0) is 24.4 Å². The van der Waals surface area contributed by atoms with Gasteiger partial charge in [-0.2, -0.15) is 0 Å². The van der Waals surface area contributed by atoms with E-state index in [4.69, 9.17) is 9.47 Å². The van der Waals surface area contributed by atoms with E-state index >= 15 is 0 Å². The SMILES string of the molecule is c1csc(CN2CCOc3ccc(CN4CCOCC4)cc3C2)c1. The largest absolute Gasteiger partial charge is 0.492 e. The lowest BCUT2D eigenvalue weighted by Gasteiger charge is -2.27. The van der Waals surface area contributed by atoms with Gasteiger partial charge in [0.1, 0.15) is 12.4 Å². The molecule has 1 saturated heterocycles. The summed E-state index contributed by atoms with van der Waals surface area (Å²) in [5.74, 6) is 1.05. The number of ether oxygens (including phenoxy) is 2. The van der Waals surface area contributed by atoms with Gasteiger partial charge in [0.25, 0.3) is 0 Å². The van der Waals surface area contributed by atoms with Gasteiger partial charge in [-0.15, -0.1) is 11.3 Å². The maximum atomic E-state index is 5.97. The van der Waals surface area contributed by atoms with Gasteiger partial charge in [0.05, 0.1) is 13.2 Å². The zero-order valence-corrected chi connectivity index (χ0v) is 14.8. The van der Waals surface area contributed by atoms with Crippen LogP contribution in [0, 0.1) is 0 Å². The zero-order valence-electron chi connectivity index (χ0n) is 13.9. The van der Waals surface area contributed by atoms with Crippen molar-refractivity contribution in [2.75, 3.05) is 39.5 Å². The molecule has 0 aliphatic carbocycles. The average molecular weight is 344 g/mol. The molecule has 0 unspecified atom stereocenters. The minimum Gasteiger partial charge on any atom is -0.492 e. The van der Waals surface area contributed by atoms with E-state index in [2.05, 4.69) is 45.5 Å². The fraction of sp³-hybridized carbons (Fsp3) is 0.474. The van der Waals surface area contributed by atoms with Crippen molar-refractivity contribution < 1.29 is 9.47 Å². The summed E-state index contributed by atoms with van der Waals surface area (Å²) in [5.41, 5.74) is 2.69. The Morgan fingerprint density at radius 2 is 1.83 bits per heavy atom. The molecule has 2 aromatic rings. The molecule has 0 spiro atoms. The second-order valence-electron chi connectivity index (χ2n) is 6.47. The molecule has 0 radical (unpaired) electrons. The van der Waals surface area contributed by atoms with E-state index in [0.717, 1.165) is 64.8 Å². The Morgan fingerprint density at radius 1 is 0.958 bits per heavy atom. The highest BCUT2D eigenvalue weighted by Gasteiger charge is 2.17. The van der Waals surface area contributed by atoms with Crippen LogP contribution in [0.4, 0.5) is 0 Å². The van der Waals surface area contributed by atoms with Crippen molar-refractivity contribution in [1.29, 1.82) is 0 Å². The zero-order chi connectivity index (χ0) is 16.2. The Balaban J connectivity index is 1.46. The number of rotatable bonds is 4. The number of morpholine rings is 1. The van der Waals surface area contributed by atoms with Crippen LogP contribution in [-0.4, -0.2) is 49.3 Å². The molecule has 128 valence electrons. The van der Waals surface area contributed by atoms with E-state index in [9.17, 15) is 0 Å². The first-order valence-electron chi connectivity index (χ1n) is 8.66. The first-order valence-corrected chi connectivity index (χ1v) is 9.54. The summed E-state index contributed by atoms with van der Waals surface area (Å²) >= 11 is 1.83. The predicted octanol–water partition coefficient (Wildman–Crippen LogP) is 2.97. The summed E-state index contributed by atoms with van der Waals surface area (Å²) in [6.45, 7) is 8.47. The van der Waals surface area contributed by atoms with E-state index in [1.165, 1.54) is 16.0 Å². The molecule has 2 aliphatic heterocycles. The van der Waals surface area contributed by atoms with Crippen LogP contribution in [0.3, 0.4) is 0 Å². The monoisotopic (exact) mass is 344 g/mol. The summed E-state index contributed by atoms with van der Waals surface area (Å²) in [6, 6.07) is 11.0. The van der Waals surface area contributed by atoms with Gasteiger partial charge in [-0.1, -0.05) is 12.1 Å². The topological polar surface area (TPSA) is 24.9 Å². The smallest absolute Gasteiger partial charge is 0.123 e. The van der Waals surface area contributed by atoms with Crippen molar-refractivity contribution in [1.82, 2.24) is 9.80 Å². The van der Waals surface area contributed by atoms with Crippen LogP contribution in [0.25, 0.3) is 0 Å². The molecule has 4 rings (SSSR count). The molecular formula is C19H24N2O2S. The first kappa shape index (κ1) is 16.1. The van der Waals surface area contributed by atoms with Crippen LogP contribution in [0.2, 0.25) is 0 Å². The minimum atomic E-state index is 0.765. The van der Waals surface area contributed by atoms with Crippen molar-refractivity contribution in [3.8, 4) is 5.75 Å². The van der Waals surface area contributed by atoms with Crippen molar-refractivity contribution in [3.63, 3.8) is 0 Å². The molecule has 4 nitrogen and oxygen atoms in total. The lowest BCUT2D eigenvalue weighted by molar-refractivity contribution is 0.0342. The second kappa shape index (κ2) is 7.66. The summed E-state index contributed by atoms with van der Waals surface area (Å²) in [5, 5.41) is 2.15. The maximum Gasteiger partial charge on any atom is 0.123 e. The summed E-state index contributed by atoms with van der Waals surface area (Å²) in [7, 11) is 0. The van der Waals surface area contributed by atoms with Crippen molar-refractivity contribution >= 4 is 11.3 Å². The molecule has 1 fully saturated rings. The Kier molecular flexibility index (Phi) is 5.13. The average Bonchev–Trinajstić information content (AvgIpc) is 3.02. The third kappa shape index (κ3) is 3.98. The molecule has 0 bridgehead atoms. The third-order valence-electron chi connectivity index (χ3n) is 4.65. The normalized spacial score (nSPS) is 19.5. The molecule has 1 aromatic carbocycles. The van der Waals surface area contributed by atoms with Crippen LogP contribution in [0.1, 0.15) is 16.0 Å². The highest BCUT2D eigenvalue weighted by atomic mass is 32.1. The molecule has 1 aromatic heterocycles. The van der Waals surface area contributed by atoms with Gasteiger partial charge in [0.2, 0.25) is 0 Å². The third-order valence-corrected chi connectivity index (χ3v) is 5.51. The molecule has 0 saturated carbocycles. The summed E-state index contributed by atoms with van der Waals surface area (Å²) in [4.78, 5) is 6.37. The Hall–Kier alpha value is -1.40. The van der Waals surface area contributed by atoms with Gasteiger partial charge in [0.15, 0.2) is 0 Å². The highest BCUT2D eigenvalue weighted by molar-refractivity contribution is 7.09. The van der Waals surface area contributed by atoms with E-state index in [1.807, 2.05) is 11.3 Å². The van der Waals surface area contributed by atoms with Crippen molar-refractivity contribution in [2.45, 2.75) is 19.6 Å². The van der Waals surface area contributed by atoms with Crippen LogP contribution in [0.5, 0.6) is 5.75 Å². The van der Waals surface area contributed by atoms with Gasteiger partial charge < -0.3 is 9.47 Å². The Bertz CT molecular complexity index is 653. The number of thiophene rings is 1. The molecule has 0 amide bonds. The molecule has 0 atom stereocenters. The van der Waals surface area contributed by atoms with Crippen molar-refractivity contribution in [2.24, 2.45) is 0 Å². The fourth-order valence-electron chi connectivity index (χ4n) is 3.38. The van der Waals surface area contributed by atoms with Gasteiger partial charge in [-0.25, -0.2) is 0 Å². The number of benzene rings is 1.